The highest BCUT2D eigenvalue weighted by Gasteiger charge is 2.47. The summed E-state index contributed by atoms with van der Waals surface area (Å²) in [4.78, 5) is 0. The summed E-state index contributed by atoms with van der Waals surface area (Å²) < 4.78 is 12.4. The van der Waals surface area contributed by atoms with E-state index in [9.17, 15) is 5.11 Å². The van der Waals surface area contributed by atoms with Crippen LogP contribution in [0.5, 0.6) is 0 Å². The number of ether oxygens (including phenoxy) is 2. The predicted octanol–water partition coefficient (Wildman–Crippen LogP) is 4.66. The van der Waals surface area contributed by atoms with E-state index < -0.39 is 6.10 Å². The third-order valence-electron chi connectivity index (χ3n) is 4.61. The van der Waals surface area contributed by atoms with E-state index in [1.807, 2.05) is 32.9 Å². The molecule has 0 unspecified atom stereocenters. The molecule has 130 valence electrons. The number of aliphatic hydroxyl groups is 1. The summed E-state index contributed by atoms with van der Waals surface area (Å²) >= 11 is 0. The van der Waals surface area contributed by atoms with E-state index in [1.54, 1.807) is 0 Å². The van der Waals surface area contributed by atoms with Gasteiger partial charge in [0.15, 0.2) is 5.79 Å². The Morgan fingerprint density at radius 2 is 1.91 bits per heavy atom. The number of aliphatic hydroxyl groups excluding tert-OH is 1. The molecule has 2 fully saturated rings. The highest BCUT2D eigenvalue weighted by Crippen LogP contribution is 2.42. The van der Waals surface area contributed by atoms with Crippen LogP contribution in [0.15, 0.2) is 29.0 Å². The van der Waals surface area contributed by atoms with Gasteiger partial charge in [-0.25, -0.2) is 0 Å². The van der Waals surface area contributed by atoms with Crippen LogP contribution in [-0.2, 0) is 9.47 Å². The smallest absolute Gasteiger partial charge is 0.169 e. The molecule has 0 aromatic heterocycles. The van der Waals surface area contributed by atoms with E-state index in [2.05, 4.69) is 12.7 Å². The maximum absolute atomic E-state index is 9.92. The minimum absolute atomic E-state index is 0.247. The second kappa shape index (κ2) is 7.81. The Morgan fingerprint density at radius 3 is 2.57 bits per heavy atom. The van der Waals surface area contributed by atoms with Crippen molar-refractivity contribution >= 4 is 0 Å². The Balaban J connectivity index is 1.89. The number of hydrogen-bond donors (Lipinski definition) is 1. The summed E-state index contributed by atoms with van der Waals surface area (Å²) in [6, 6.07) is 0. The van der Waals surface area contributed by atoms with Crippen molar-refractivity contribution in [2.24, 2.45) is 0 Å². The predicted molar refractivity (Wildman–Crippen MR) is 93.2 cm³/mol. The molecule has 1 spiro atoms. The van der Waals surface area contributed by atoms with E-state index in [-0.39, 0.29) is 11.4 Å². The SMILES string of the molecule is CC(=C=CC[C@]1(C)COC2(CCCCC2)O1)C[C@@H](O)C=C(C)C. The third kappa shape index (κ3) is 5.61. The van der Waals surface area contributed by atoms with Gasteiger partial charge in [0, 0.05) is 25.7 Å². The van der Waals surface area contributed by atoms with Gasteiger partial charge in [-0.2, -0.15) is 0 Å². The Kier molecular flexibility index (Phi) is 6.27. The van der Waals surface area contributed by atoms with Crippen molar-refractivity contribution in [3.63, 3.8) is 0 Å². The van der Waals surface area contributed by atoms with Crippen LogP contribution >= 0.6 is 0 Å². The fraction of sp³-hybridized carbons (Fsp3) is 0.750. The van der Waals surface area contributed by atoms with Crippen molar-refractivity contribution in [3.05, 3.63) is 29.0 Å². The number of hydrogen-bond acceptors (Lipinski definition) is 3. The lowest BCUT2D eigenvalue weighted by Crippen LogP contribution is -2.36. The van der Waals surface area contributed by atoms with Crippen molar-refractivity contribution in [1.82, 2.24) is 0 Å². The van der Waals surface area contributed by atoms with Crippen LogP contribution in [0.3, 0.4) is 0 Å². The maximum Gasteiger partial charge on any atom is 0.169 e. The van der Waals surface area contributed by atoms with Gasteiger partial charge in [0.05, 0.1) is 18.3 Å². The molecule has 0 aromatic rings. The zero-order chi connectivity index (χ0) is 16.9. The Morgan fingerprint density at radius 1 is 1.22 bits per heavy atom. The minimum atomic E-state index is -0.423. The van der Waals surface area contributed by atoms with E-state index in [0.717, 1.165) is 30.4 Å². The first-order valence-electron chi connectivity index (χ1n) is 8.90. The third-order valence-corrected chi connectivity index (χ3v) is 4.61. The minimum Gasteiger partial charge on any atom is -0.389 e. The second-order valence-corrected chi connectivity index (χ2v) is 7.66. The van der Waals surface area contributed by atoms with Gasteiger partial charge in [-0.15, -0.1) is 5.73 Å². The molecule has 1 heterocycles. The molecule has 2 atom stereocenters. The Hall–Kier alpha value is -0.860. The topological polar surface area (TPSA) is 38.7 Å². The van der Waals surface area contributed by atoms with Gasteiger partial charge in [-0.3, -0.25) is 0 Å². The zero-order valence-electron chi connectivity index (χ0n) is 15.2. The fourth-order valence-corrected chi connectivity index (χ4v) is 3.49. The average molecular weight is 320 g/mol. The molecule has 1 aliphatic heterocycles. The average Bonchev–Trinajstić information content (AvgIpc) is 2.75. The van der Waals surface area contributed by atoms with Crippen molar-refractivity contribution < 1.29 is 14.6 Å². The van der Waals surface area contributed by atoms with Crippen molar-refractivity contribution in [2.75, 3.05) is 6.61 Å². The van der Waals surface area contributed by atoms with Crippen LogP contribution in [0, 0.1) is 0 Å². The molecule has 1 saturated heterocycles. The van der Waals surface area contributed by atoms with Crippen LogP contribution in [0.2, 0.25) is 0 Å². The molecule has 2 aliphatic rings. The van der Waals surface area contributed by atoms with Crippen molar-refractivity contribution in [3.8, 4) is 0 Å². The molecule has 3 heteroatoms. The Bertz CT molecular complexity index is 489. The molecule has 2 rings (SSSR count). The molecule has 23 heavy (non-hydrogen) atoms. The first-order chi connectivity index (χ1) is 10.8. The first kappa shape index (κ1) is 18.5. The summed E-state index contributed by atoms with van der Waals surface area (Å²) in [7, 11) is 0. The Labute approximate surface area is 141 Å². The monoisotopic (exact) mass is 320 g/mol. The summed E-state index contributed by atoms with van der Waals surface area (Å²) in [6.07, 6.45) is 10.7. The van der Waals surface area contributed by atoms with E-state index in [1.165, 1.54) is 19.3 Å². The van der Waals surface area contributed by atoms with Crippen molar-refractivity contribution in [2.45, 2.75) is 90.1 Å². The summed E-state index contributed by atoms with van der Waals surface area (Å²) in [5.74, 6) is -0.320. The summed E-state index contributed by atoms with van der Waals surface area (Å²) in [6.45, 7) is 8.79. The van der Waals surface area contributed by atoms with Gasteiger partial charge < -0.3 is 14.6 Å². The number of rotatable bonds is 5. The van der Waals surface area contributed by atoms with Crippen molar-refractivity contribution in [1.29, 1.82) is 0 Å². The van der Waals surface area contributed by atoms with Gasteiger partial charge in [0.1, 0.15) is 0 Å². The second-order valence-electron chi connectivity index (χ2n) is 7.66. The van der Waals surface area contributed by atoms with Gasteiger partial charge in [0.2, 0.25) is 0 Å². The standard InChI is InChI=1S/C20H32O3/c1-16(2)13-18(21)14-17(3)9-8-10-19(4)15-22-20(23-19)11-6-5-7-12-20/h8,13,18,21H,5-7,10-12,14-15H2,1-4H3/t9?,18-,19+/m0/s1. The maximum atomic E-state index is 9.92. The molecular formula is C20H32O3. The molecule has 0 bridgehead atoms. The van der Waals surface area contributed by atoms with Crippen LogP contribution in [0.25, 0.3) is 0 Å². The van der Waals surface area contributed by atoms with E-state index >= 15 is 0 Å². The van der Waals surface area contributed by atoms with E-state index in [0.29, 0.717) is 13.0 Å². The molecule has 1 N–H and O–H groups in total. The van der Waals surface area contributed by atoms with Gasteiger partial charge in [-0.1, -0.05) is 18.1 Å². The van der Waals surface area contributed by atoms with Gasteiger partial charge >= 0.3 is 0 Å². The summed E-state index contributed by atoms with van der Waals surface area (Å²) in [5.41, 5.74) is 5.25. The normalized spacial score (nSPS) is 27.3. The molecule has 0 aromatic carbocycles. The molecule has 1 aliphatic carbocycles. The van der Waals surface area contributed by atoms with E-state index in [4.69, 9.17) is 9.47 Å². The first-order valence-corrected chi connectivity index (χ1v) is 8.90. The van der Waals surface area contributed by atoms with Crippen LogP contribution in [0.1, 0.15) is 72.6 Å². The van der Waals surface area contributed by atoms with Gasteiger partial charge in [-0.05, 0) is 52.2 Å². The summed E-state index contributed by atoms with van der Waals surface area (Å²) in [5, 5.41) is 9.92. The molecular weight excluding hydrogens is 288 g/mol. The lowest BCUT2D eigenvalue weighted by atomic mass is 9.94. The van der Waals surface area contributed by atoms with Crippen LogP contribution < -0.4 is 0 Å². The lowest BCUT2D eigenvalue weighted by molar-refractivity contribution is -0.201. The van der Waals surface area contributed by atoms with Gasteiger partial charge in [0.25, 0.3) is 0 Å². The molecule has 0 radical (unpaired) electrons. The number of allylic oxidation sites excluding steroid dienone is 1. The lowest BCUT2D eigenvalue weighted by Gasteiger charge is -2.33. The highest BCUT2D eigenvalue weighted by molar-refractivity contribution is 5.07. The van der Waals surface area contributed by atoms with Crippen LogP contribution in [0.4, 0.5) is 0 Å². The largest absolute Gasteiger partial charge is 0.389 e. The zero-order valence-corrected chi connectivity index (χ0v) is 15.2. The molecule has 3 nitrogen and oxygen atoms in total. The fourth-order valence-electron chi connectivity index (χ4n) is 3.49. The molecule has 1 saturated carbocycles. The highest BCUT2D eigenvalue weighted by atomic mass is 16.8. The van der Waals surface area contributed by atoms with Crippen LogP contribution in [-0.4, -0.2) is 29.2 Å². The quantitative estimate of drug-likeness (QED) is 0.591. The molecule has 0 amide bonds.